The summed E-state index contributed by atoms with van der Waals surface area (Å²) in [6.07, 6.45) is 6.94. The van der Waals surface area contributed by atoms with E-state index in [1.165, 1.54) is 18.4 Å². The Kier molecular flexibility index (Phi) is 3.45. The zero-order chi connectivity index (χ0) is 13.1. The lowest BCUT2D eigenvalue weighted by Gasteiger charge is -2.25. The fraction of sp³-hybridized carbons (Fsp3) is 0.562. The van der Waals surface area contributed by atoms with Gasteiger partial charge in [-0.05, 0) is 31.2 Å². The molecule has 1 aromatic rings. The number of nitrogens with one attached hydrogen (secondary N) is 1. The third-order valence-corrected chi connectivity index (χ3v) is 4.32. The van der Waals surface area contributed by atoms with Crippen molar-refractivity contribution >= 4 is 6.03 Å². The number of amides is 2. The van der Waals surface area contributed by atoms with Gasteiger partial charge in [0.15, 0.2) is 0 Å². The first-order valence-corrected chi connectivity index (χ1v) is 7.43. The Bertz CT molecular complexity index is 431. The number of hydrogen-bond donors (Lipinski definition) is 1. The zero-order valence-electron chi connectivity index (χ0n) is 11.4. The van der Waals surface area contributed by atoms with Crippen LogP contribution in [0.5, 0.6) is 0 Å². The van der Waals surface area contributed by atoms with Crippen LogP contribution in [0.2, 0.25) is 0 Å². The van der Waals surface area contributed by atoms with E-state index < -0.39 is 0 Å². The van der Waals surface area contributed by atoms with Gasteiger partial charge in [0.05, 0.1) is 5.54 Å². The third kappa shape index (κ3) is 2.75. The smallest absolute Gasteiger partial charge is 0.318 e. The average molecular weight is 258 g/mol. The Balaban J connectivity index is 1.66. The lowest BCUT2D eigenvalue weighted by atomic mass is 10.1. The monoisotopic (exact) mass is 258 g/mol. The number of nitrogens with zero attached hydrogens (tertiary/aromatic N) is 1. The summed E-state index contributed by atoms with van der Waals surface area (Å²) in [5.41, 5.74) is 1.17. The topological polar surface area (TPSA) is 32.3 Å². The van der Waals surface area contributed by atoms with Gasteiger partial charge in [0.1, 0.15) is 0 Å². The highest BCUT2D eigenvalue weighted by molar-refractivity contribution is 5.76. The molecule has 0 aromatic heterocycles. The van der Waals surface area contributed by atoms with Crippen molar-refractivity contribution in [1.29, 1.82) is 0 Å². The van der Waals surface area contributed by atoms with E-state index in [1.807, 2.05) is 23.1 Å². The van der Waals surface area contributed by atoms with Gasteiger partial charge >= 0.3 is 6.03 Å². The van der Waals surface area contributed by atoms with Crippen LogP contribution in [0.4, 0.5) is 4.79 Å². The van der Waals surface area contributed by atoms with Crippen molar-refractivity contribution in [2.45, 2.75) is 44.1 Å². The number of hydrogen-bond acceptors (Lipinski definition) is 1. The molecule has 2 fully saturated rings. The predicted octanol–water partition coefficient (Wildman–Crippen LogP) is 3.26. The minimum atomic E-state index is -0.0787. The number of benzene rings is 1. The molecule has 0 spiro atoms. The summed E-state index contributed by atoms with van der Waals surface area (Å²) in [6.45, 7) is 1.83. The second-order valence-corrected chi connectivity index (χ2v) is 5.78. The van der Waals surface area contributed by atoms with Gasteiger partial charge in [-0.15, -0.1) is 0 Å². The highest BCUT2D eigenvalue weighted by Gasteiger charge is 2.46. The number of urea groups is 1. The second-order valence-electron chi connectivity index (χ2n) is 5.78. The summed E-state index contributed by atoms with van der Waals surface area (Å²) in [5.74, 6) is 0. The maximum atomic E-state index is 12.4. The average Bonchev–Trinajstić information content (AvgIpc) is 3.23. The van der Waals surface area contributed by atoms with Gasteiger partial charge in [0.25, 0.3) is 0 Å². The fourth-order valence-corrected chi connectivity index (χ4v) is 2.93. The molecule has 1 N–H and O–H groups in total. The first-order chi connectivity index (χ1) is 9.30. The van der Waals surface area contributed by atoms with Gasteiger partial charge in [0, 0.05) is 13.1 Å². The highest BCUT2D eigenvalue weighted by atomic mass is 16.2. The van der Waals surface area contributed by atoms with E-state index >= 15 is 0 Å². The van der Waals surface area contributed by atoms with Crippen molar-refractivity contribution in [3.8, 4) is 0 Å². The number of rotatable bonds is 2. The van der Waals surface area contributed by atoms with Crippen LogP contribution in [0.3, 0.4) is 0 Å². The quantitative estimate of drug-likeness (QED) is 0.867. The molecule has 2 amide bonds. The Morgan fingerprint density at radius 2 is 1.63 bits per heavy atom. The van der Waals surface area contributed by atoms with Gasteiger partial charge < -0.3 is 10.2 Å². The number of carbonyl (C=O) groups is 1. The van der Waals surface area contributed by atoms with Crippen LogP contribution in [0.25, 0.3) is 0 Å². The summed E-state index contributed by atoms with van der Waals surface area (Å²) in [6, 6.07) is 10.5. The lowest BCUT2D eigenvalue weighted by Crippen LogP contribution is -2.45. The highest BCUT2D eigenvalue weighted by Crippen LogP contribution is 2.45. The summed E-state index contributed by atoms with van der Waals surface area (Å²) in [7, 11) is 0. The molecule has 2 aliphatic rings. The largest absolute Gasteiger partial charge is 0.328 e. The molecular formula is C16H22N2O. The van der Waals surface area contributed by atoms with Crippen molar-refractivity contribution in [2.75, 3.05) is 13.1 Å². The van der Waals surface area contributed by atoms with E-state index in [-0.39, 0.29) is 11.6 Å². The molecule has 0 radical (unpaired) electrons. The molecule has 0 bridgehead atoms. The van der Waals surface area contributed by atoms with Crippen LogP contribution in [0, 0.1) is 0 Å². The van der Waals surface area contributed by atoms with E-state index in [4.69, 9.17) is 0 Å². The van der Waals surface area contributed by atoms with Crippen molar-refractivity contribution in [3.63, 3.8) is 0 Å². The lowest BCUT2D eigenvalue weighted by molar-refractivity contribution is 0.194. The second kappa shape index (κ2) is 5.24. The summed E-state index contributed by atoms with van der Waals surface area (Å²) in [4.78, 5) is 14.4. The van der Waals surface area contributed by atoms with Gasteiger partial charge in [-0.25, -0.2) is 4.79 Å². The summed E-state index contributed by atoms with van der Waals surface area (Å²) in [5, 5.41) is 3.27. The van der Waals surface area contributed by atoms with Crippen LogP contribution in [-0.4, -0.2) is 24.0 Å². The Morgan fingerprint density at radius 1 is 1.00 bits per heavy atom. The third-order valence-electron chi connectivity index (χ3n) is 4.32. The van der Waals surface area contributed by atoms with Gasteiger partial charge in [-0.3, -0.25) is 0 Å². The maximum Gasteiger partial charge on any atom is 0.318 e. The molecule has 3 heteroatoms. The molecule has 1 aromatic carbocycles. The standard InChI is InChI=1S/C16H22N2O/c19-15(18-12-6-1-2-7-13-18)17-16(10-11-16)14-8-4-3-5-9-14/h3-5,8-9H,1-2,6-7,10-13H2,(H,17,19). The van der Waals surface area contributed by atoms with Crippen LogP contribution in [-0.2, 0) is 5.54 Å². The number of carbonyl (C=O) groups excluding carboxylic acids is 1. The molecule has 1 aliphatic carbocycles. The molecule has 1 saturated carbocycles. The minimum Gasteiger partial charge on any atom is -0.328 e. The molecule has 102 valence electrons. The fourth-order valence-electron chi connectivity index (χ4n) is 2.93. The first-order valence-electron chi connectivity index (χ1n) is 7.43. The van der Waals surface area contributed by atoms with E-state index in [0.29, 0.717) is 0 Å². The molecule has 1 aliphatic heterocycles. The van der Waals surface area contributed by atoms with E-state index in [0.717, 1.165) is 38.8 Å². The van der Waals surface area contributed by atoms with Crippen LogP contribution in [0.15, 0.2) is 30.3 Å². The van der Waals surface area contributed by atoms with Crippen LogP contribution < -0.4 is 5.32 Å². The van der Waals surface area contributed by atoms with Crippen molar-refractivity contribution in [3.05, 3.63) is 35.9 Å². The first kappa shape index (κ1) is 12.5. The van der Waals surface area contributed by atoms with Crippen molar-refractivity contribution in [2.24, 2.45) is 0 Å². The normalized spacial score (nSPS) is 21.6. The van der Waals surface area contributed by atoms with Crippen LogP contribution >= 0.6 is 0 Å². The molecule has 3 nitrogen and oxygen atoms in total. The minimum absolute atomic E-state index is 0.0787. The van der Waals surface area contributed by atoms with E-state index in [1.54, 1.807) is 0 Å². The van der Waals surface area contributed by atoms with E-state index in [9.17, 15) is 4.79 Å². The molecule has 1 heterocycles. The van der Waals surface area contributed by atoms with E-state index in [2.05, 4.69) is 17.4 Å². The summed E-state index contributed by atoms with van der Waals surface area (Å²) >= 11 is 0. The summed E-state index contributed by atoms with van der Waals surface area (Å²) < 4.78 is 0. The van der Waals surface area contributed by atoms with Gasteiger partial charge in [-0.2, -0.15) is 0 Å². The SMILES string of the molecule is O=C(NC1(c2ccccc2)CC1)N1CCCCCC1. The molecule has 3 rings (SSSR count). The van der Waals surface area contributed by atoms with Gasteiger partial charge in [-0.1, -0.05) is 43.2 Å². The Morgan fingerprint density at radius 3 is 2.21 bits per heavy atom. The molecule has 0 unspecified atom stereocenters. The Hall–Kier alpha value is -1.51. The van der Waals surface area contributed by atoms with Gasteiger partial charge in [0.2, 0.25) is 0 Å². The predicted molar refractivity (Wildman–Crippen MR) is 75.9 cm³/mol. The molecule has 0 atom stereocenters. The maximum absolute atomic E-state index is 12.4. The Labute approximate surface area is 115 Å². The van der Waals surface area contributed by atoms with Crippen LogP contribution in [0.1, 0.15) is 44.1 Å². The molecular weight excluding hydrogens is 236 g/mol. The number of likely N-dealkylation sites (tertiary alicyclic amines) is 1. The molecule has 19 heavy (non-hydrogen) atoms. The molecule has 1 saturated heterocycles. The zero-order valence-corrected chi connectivity index (χ0v) is 11.4. The van der Waals surface area contributed by atoms with Crippen molar-refractivity contribution in [1.82, 2.24) is 10.2 Å². The van der Waals surface area contributed by atoms with Crippen molar-refractivity contribution < 1.29 is 4.79 Å².